The predicted octanol–water partition coefficient (Wildman–Crippen LogP) is 4.54. The molecule has 0 amide bonds. The third kappa shape index (κ3) is 3.64. The van der Waals surface area contributed by atoms with Crippen molar-refractivity contribution in [2.45, 2.75) is 35.7 Å². The van der Waals surface area contributed by atoms with E-state index in [-0.39, 0.29) is 10.9 Å². The van der Waals surface area contributed by atoms with Crippen molar-refractivity contribution < 1.29 is 13.2 Å². The van der Waals surface area contributed by atoms with E-state index < -0.39 is 17.3 Å². The number of alkyl halides is 3. The Morgan fingerprint density at radius 3 is 2.70 bits per heavy atom. The molecule has 23 heavy (non-hydrogen) atoms. The van der Waals surface area contributed by atoms with Crippen LogP contribution < -0.4 is 0 Å². The summed E-state index contributed by atoms with van der Waals surface area (Å²) in [6, 6.07) is 6.30. The van der Waals surface area contributed by atoms with Gasteiger partial charge in [-0.3, -0.25) is 4.98 Å². The van der Waals surface area contributed by atoms with E-state index in [0.717, 1.165) is 36.2 Å². The fourth-order valence-corrected chi connectivity index (χ4v) is 3.14. The summed E-state index contributed by atoms with van der Waals surface area (Å²) >= 11 is 1.14. The van der Waals surface area contributed by atoms with Gasteiger partial charge in [-0.2, -0.15) is 18.4 Å². The predicted molar refractivity (Wildman–Crippen MR) is 79.7 cm³/mol. The van der Waals surface area contributed by atoms with Gasteiger partial charge < -0.3 is 0 Å². The van der Waals surface area contributed by atoms with E-state index in [0.29, 0.717) is 11.4 Å². The summed E-state index contributed by atoms with van der Waals surface area (Å²) in [5.74, 6) is 0.502. The van der Waals surface area contributed by atoms with Crippen molar-refractivity contribution >= 4 is 11.8 Å². The van der Waals surface area contributed by atoms with Gasteiger partial charge >= 0.3 is 6.18 Å². The Hall–Kier alpha value is -2.07. The van der Waals surface area contributed by atoms with Crippen LogP contribution in [0.5, 0.6) is 0 Å². The van der Waals surface area contributed by atoms with Crippen LogP contribution in [0.1, 0.15) is 41.1 Å². The Labute approximate surface area is 135 Å². The maximum Gasteiger partial charge on any atom is 0.417 e. The minimum atomic E-state index is -4.55. The van der Waals surface area contributed by atoms with Crippen molar-refractivity contribution in [3.05, 3.63) is 53.0 Å². The monoisotopic (exact) mass is 335 g/mol. The third-order valence-corrected chi connectivity index (χ3v) is 4.56. The maximum absolute atomic E-state index is 13.2. The van der Waals surface area contributed by atoms with Gasteiger partial charge in [0.2, 0.25) is 0 Å². The zero-order chi connectivity index (χ0) is 16.4. The van der Waals surface area contributed by atoms with Gasteiger partial charge in [-0.1, -0.05) is 6.07 Å². The van der Waals surface area contributed by atoms with Gasteiger partial charge in [-0.25, -0.2) is 4.98 Å². The summed E-state index contributed by atoms with van der Waals surface area (Å²) in [7, 11) is 0. The van der Waals surface area contributed by atoms with Crippen molar-refractivity contribution in [1.82, 2.24) is 9.97 Å². The second-order valence-electron chi connectivity index (χ2n) is 5.31. The zero-order valence-electron chi connectivity index (χ0n) is 12.0. The summed E-state index contributed by atoms with van der Waals surface area (Å²) in [6.07, 6.45) is 0.421. The first-order chi connectivity index (χ1) is 11.0. The van der Waals surface area contributed by atoms with E-state index in [1.165, 1.54) is 0 Å². The number of nitrogens with zero attached hydrogens (tertiary/aromatic N) is 3. The number of hydrogen-bond donors (Lipinski definition) is 0. The normalized spacial score (nSPS) is 14.5. The van der Waals surface area contributed by atoms with Gasteiger partial charge in [-0.05, 0) is 30.5 Å². The lowest BCUT2D eigenvalue weighted by molar-refractivity contribution is -0.138. The second-order valence-corrected chi connectivity index (χ2v) is 6.27. The van der Waals surface area contributed by atoms with Crippen LogP contribution in [0.3, 0.4) is 0 Å². The minimum Gasteiger partial charge on any atom is -0.264 e. The molecule has 0 aliphatic heterocycles. The largest absolute Gasteiger partial charge is 0.417 e. The van der Waals surface area contributed by atoms with Crippen LogP contribution in [-0.2, 0) is 11.9 Å². The number of nitriles is 1. The number of thioether (sulfide) groups is 1. The topological polar surface area (TPSA) is 49.6 Å². The molecule has 0 spiro atoms. The smallest absolute Gasteiger partial charge is 0.264 e. The summed E-state index contributed by atoms with van der Waals surface area (Å²) < 4.78 is 39.7. The summed E-state index contributed by atoms with van der Waals surface area (Å²) in [4.78, 5) is 8.29. The van der Waals surface area contributed by atoms with Crippen LogP contribution in [0, 0.1) is 11.3 Å². The van der Waals surface area contributed by atoms with Gasteiger partial charge in [0.15, 0.2) is 0 Å². The van der Waals surface area contributed by atoms with Crippen molar-refractivity contribution in [2.75, 3.05) is 0 Å². The molecule has 1 aliphatic carbocycles. The van der Waals surface area contributed by atoms with Gasteiger partial charge in [0.1, 0.15) is 11.1 Å². The first kappa shape index (κ1) is 15.8. The Bertz CT molecular complexity index is 750. The number of aromatic nitrogens is 2. The van der Waals surface area contributed by atoms with Gasteiger partial charge in [0.25, 0.3) is 0 Å². The maximum atomic E-state index is 13.2. The number of hydrogen-bond acceptors (Lipinski definition) is 4. The highest BCUT2D eigenvalue weighted by molar-refractivity contribution is 7.98. The minimum absolute atomic E-state index is 0.0848. The van der Waals surface area contributed by atoms with E-state index in [4.69, 9.17) is 0 Å². The molecule has 1 saturated carbocycles. The Morgan fingerprint density at radius 1 is 1.35 bits per heavy atom. The molecule has 0 unspecified atom stereocenters. The average Bonchev–Trinajstić information content (AvgIpc) is 3.37. The fraction of sp³-hybridized carbons (Fsp3) is 0.312. The molecule has 1 fully saturated rings. The molecule has 0 bridgehead atoms. The molecule has 3 nitrogen and oxygen atoms in total. The molecule has 2 heterocycles. The van der Waals surface area contributed by atoms with Crippen molar-refractivity contribution in [2.24, 2.45) is 0 Å². The molecular weight excluding hydrogens is 323 g/mol. The van der Waals surface area contributed by atoms with Gasteiger partial charge in [-0.15, -0.1) is 11.8 Å². The highest BCUT2D eigenvalue weighted by Gasteiger charge is 2.37. The average molecular weight is 335 g/mol. The zero-order valence-corrected chi connectivity index (χ0v) is 12.8. The number of halogens is 3. The van der Waals surface area contributed by atoms with E-state index in [9.17, 15) is 18.4 Å². The molecule has 1 aliphatic rings. The molecule has 2 aromatic rings. The second kappa shape index (κ2) is 6.20. The molecule has 0 atom stereocenters. The Balaban J connectivity index is 1.97. The summed E-state index contributed by atoms with van der Waals surface area (Å²) in [5, 5.41) is 9.34. The first-order valence-electron chi connectivity index (χ1n) is 7.03. The molecule has 0 saturated heterocycles. The van der Waals surface area contributed by atoms with Crippen LogP contribution in [-0.4, -0.2) is 9.97 Å². The van der Waals surface area contributed by atoms with E-state index in [1.807, 2.05) is 6.07 Å². The van der Waals surface area contributed by atoms with Crippen LogP contribution in [0.2, 0.25) is 0 Å². The highest BCUT2D eigenvalue weighted by atomic mass is 32.2. The highest BCUT2D eigenvalue weighted by Crippen LogP contribution is 2.43. The molecule has 0 N–H and O–H groups in total. The van der Waals surface area contributed by atoms with Gasteiger partial charge in [0, 0.05) is 29.8 Å². The molecule has 2 aromatic heterocycles. The Kier molecular flexibility index (Phi) is 4.26. The quantitative estimate of drug-likeness (QED) is 0.770. The standard InChI is InChI=1S/C16H12F3N3S/c17-16(18,19)13-6-14(11-3-4-11)22-15(12(13)7-20)23-9-10-2-1-5-21-8-10/h1-2,5-6,8,11H,3-4,9H2. The molecular formula is C16H12F3N3S. The number of pyridine rings is 2. The molecule has 7 heteroatoms. The van der Waals surface area contributed by atoms with Crippen LogP contribution in [0.25, 0.3) is 0 Å². The fourth-order valence-electron chi connectivity index (χ4n) is 2.20. The lowest BCUT2D eigenvalue weighted by Crippen LogP contribution is -2.11. The lowest BCUT2D eigenvalue weighted by atomic mass is 10.1. The Morgan fingerprint density at radius 2 is 2.13 bits per heavy atom. The van der Waals surface area contributed by atoms with Crippen LogP contribution >= 0.6 is 11.8 Å². The summed E-state index contributed by atoms with van der Waals surface area (Å²) in [5.41, 5.74) is 0.0277. The summed E-state index contributed by atoms with van der Waals surface area (Å²) in [6.45, 7) is 0. The van der Waals surface area contributed by atoms with Gasteiger partial charge in [0.05, 0.1) is 11.1 Å². The number of rotatable bonds is 4. The van der Waals surface area contributed by atoms with Crippen molar-refractivity contribution in [3.63, 3.8) is 0 Å². The molecule has 0 aromatic carbocycles. The van der Waals surface area contributed by atoms with Crippen molar-refractivity contribution in [1.29, 1.82) is 5.26 Å². The molecule has 118 valence electrons. The molecule has 0 radical (unpaired) electrons. The lowest BCUT2D eigenvalue weighted by Gasteiger charge is -2.14. The van der Waals surface area contributed by atoms with E-state index in [2.05, 4.69) is 9.97 Å². The van der Waals surface area contributed by atoms with E-state index >= 15 is 0 Å². The third-order valence-electron chi connectivity index (χ3n) is 3.52. The van der Waals surface area contributed by atoms with Crippen molar-refractivity contribution in [3.8, 4) is 6.07 Å². The SMILES string of the molecule is N#Cc1c(C(F)(F)F)cc(C2CC2)nc1SCc1cccnc1. The van der Waals surface area contributed by atoms with E-state index in [1.54, 1.807) is 24.5 Å². The van der Waals surface area contributed by atoms with Crippen LogP contribution in [0.15, 0.2) is 35.6 Å². The van der Waals surface area contributed by atoms with Crippen LogP contribution in [0.4, 0.5) is 13.2 Å². The molecule has 3 rings (SSSR count). The first-order valence-corrected chi connectivity index (χ1v) is 8.01.